The van der Waals surface area contributed by atoms with Gasteiger partial charge in [0, 0.05) is 23.4 Å². The molecular weight excluding hydrogens is 683 g/mol. The Labute approximate surface area is 260 Å². The van der Waals surface area contributed by atoms with Crippen molar-refractivity contribution < 1.29 is 18.4 Å². The Balaban J connectivity index is 0.000000143. The molecule has 44 heavy (non-hydrogen) atoms. The number of carbonyl (C=O) groups is 2. The summed E-state index contributed by atoms with van der Waals surface area (Å²) in [6, 6.07) is 18.1. The molecule has 0 saturated carbocycles. The van der Waals surface area contributed by atoms with Crippen LogP contribution in [0.4, 0.5) is 14.5 Å². The van der Waals surface area contributed by atoms with E-state index in [4.69, 9.17) is 0 Å². The Morgan fingerprint density at radius 2 is 1.11 bits per heavy atom. The van der Waals surface area contributed by atoms with Gasteiger partial charge < -0.3 is 4.90 Å². The van der Waals surface area contributed by atoms with Gasteiger partial charge >= 0.3 is 0 Å². The molecule has 0 bridgehead atoms. The number of halogens is 3. The van der Waals surface area contributed by atoms with Crippen molar-refractivity contribution in [2.45, 2.75) is 0 Å². The average molecular weight is 701 g/mol. The maximum atomic E-state index is 13.4. The van der Waals surface area contributed by atoms with Gasteiger partial charge in [0.15, 0.2) is 11.6 Å². The summed E-state index contributed by atoms with van der Waals surface area (Å²) in [4.78, 5) is 60.7. The van der Waals surface area contributed by atoms with Gasteiger partial charge in [0.25, 0.3) is 11.1 Å². The molecule has 0 N–H and O–H groups in total. The molecule has 0 unspecified atom stereocenters. The summed E-state index contributed by atoms with van der Waals surface area (Å²) < 4.78 is 30.2. The summed E-state index contributed by atoms with van der Waals surface area (Å²) in [6.07, 6.45) is 0. The Kier molecular flexibility index (Phi) is 6.28. The van der Waals surface area contributed by atoms with E-state index in [0.717, 1.165) is 21.4 Å². The molecule has 2 aromatic heterocycles. The van der Waals surface area contributed by atoms with Crippen molar-refractivity contribution in [2.24, 2.45) is 0 Å². The maximum absolute atomic E-state index is 13.4. The molecule has 6 aromatic rings. The van der Waals surface area contributed by atoms with Gasteiger partial charge in [0.05, 0.1) is 44.3 Å². The molecule has 4 heterocycles. The number of anilines is 1. The standard InChI is InChI=1S/C17H12FN3O2.C15H6FIN2O2/c1-20(2)10-4-5-13-11(8-10)17(23)21-14-6-3-9(18)7-12(14)15(22)16(21)19-13;16-7-1-4-12-10(5-7)13(20)14-18-11-3-2-8(17)6-9(11)15(21)19(12)14/h3-8H,1-2H3;1-6H. The van der Waals surface area contributed by atoms with Gasteiger partial charge in [-0.1, -0.05) is 0 Å². The first kappa shape index (κ1) is 27.7. The highest BCUT2D eigenvalue weighted by molar-refractivity contribution is 14.1. The summed E-state index contributed by atoms with van der Waals surface area (Å²) in [7, 11) is 3.75. The highest BCUT2D eigenvalue weighted by Gasteiger charge is 2.32. The van der Waals surface area contributed by atoms with E-state index in [1.54, 1.807) is 24.3 Å². The van der Waals surface area contributed by atoms with Crippen LogP contribution < -0.4 is 16.0 Å². The van der Waals surface area contributed by atoms with E-state index in [1.165, 1.54) is 33.4 Å². The fraction of sp³-hybridized carbons (Fsp3) is 0.0625. The molecule has 2 aliphatic rings. The highest BCUT2D eigenvalue weighted by Crippen LogP contribution is 2.29. The molecule has 0 radical (unpaired) electrons. The van der Waals surface area contributed by atoms with Gasteiger partial charge in [-0.25, -0.2) is 18.7 Å². The molecule has 216 valence electrons. The molecule has 0 saturated heterocycles. The van der Waals surface area contributed by atoms with Crippen LogP contribution in [0.5, 0.6) is 0 Å². The Bertz CT molecular complexity index is 2400. The van der Waals surface area contributed by atoms with Crippen molar-refractivity contribution in [3.05, 3.63) is 131 Å². The lowest BCUT2D eigenvalue weighted by molar-refractivity contribution is 0.102. The van der Waals surface area contributed by atoms with E-state index >= 15 is 0 Å². The van der Waals surface area contributed by atoms with Gasteiger partial charge in [0.1, 0.15) is 11.6 Å². The third-order valence-corrected chi connectivity index (χ3v) is 8.16. The zero-order chi connectivity index (χ0) is 31.0. The zero-order valence-electron chi connectivity index (χ0n) is 22.9. The number of rotatable bonds is 1. The third kappa shape index (κ3) is 4.16. The van der Waals surface area contributed by atoms with Crippen LogP contribution in [0.15, 0.2) is 82.4 Å². The Morgan fingerprint density at radius 3 is 1.61 bits per heavy atom. The second-order valence-electron chi connectivity index (χ2n) is 10.4. The van der Waals surface area contributed by atoms with Crippen molar-refractivity contribution in [2.75, 3.05) is 19.0 Å². The number of carbonyl (C=O) groups excluding carboxylic acids is 2. The summed E-state index contributed by atoms with van der Waals surface area (Å²) in [5.41, 5.74) is 2.24. The van der Waals surface area contributed by atoms with Gasteiger partial charge in [0.2, 0.25) is 11.6 Å². The van der Waals surface area contributed by atoms with Crippen LogP contribution in [-0.2, 0) is 0 Å². The van der Waals surface area contributed by atoms with Crippen molar-refractivity contribution in [1.29, 1.82) is 0 Å². The summed E-state index contributed by atoms with van der Waals surface area (Å²) in [6.45, 7) is 0. The third-order valence-electron chi connectivity index (χ3n) is 7.49. The number of hydrogen-bond donors (Lipinski definition) is 0. The lowest BCUT2D eigenvalue weighted by atomic mass is 10.1. The lowest BCUT2D eigenvalue weighted by Crippen LogP contribution is -2.22. The van der Waals surface area contributed by atoms with Crippen molar-refractivity contribution in [1.82, 2.24) is 19.1 Å². The monoisotopic (exact) mass is 701 g/mol. The van der Waals surface area contributed by atoms with Gasteiger partial charge in [-0.05, 0) is 95.4 Å². The summed E-state index contributed by atoms with van der Waals surface area (Å²) >= 11 is 2.11. The molecule has 9 nitrogen and oxygen atoms in total. The number of aromatic nitrogens is 4. The Morgan fingerprint density at radius 1 is 0.636 bits per heavy atom. The molecule has 8 rings (SSSR count). The normalized spacial score (nSPS) is 12.5. The Hall–Kier alpha value is -5.11. The molecule has 0 spiro atoms. The van der Waals surface area contributed by atoms with Crippen LogP contribution in [0.1, 0.15) is 32.4 Å². The smallest absolute Gasteiger partial charge is 0.266 e. The molecule has 12 heteroatoms. The van der Waals surface area contributed by atoms with Crippen molar-refractivity contribution in [3.63, 3.8) is 0 Å². The van der Waals surface area contributed by atoms with Crippen LogP contribution in [0.3, 0.4) is 0 Å². The SMILES string of the molecule is CN(C)c1ccc2nc3n(c(=O)c2c1)-c1ccc(F)cc1C3=O.O=C1c2cc(F)ccc2-n2c1nc1ccc(I)cc1c2=O. The fourth-order valence-corrected chi connectivity index (χ4v) is 5.86. The van der Waals surface area contributed by atoms with Crippen LogP contribution in [0.2, 0.25) is 0 Å². The fourth-order valence-electron chi connectivity index (χ4n) is 5.37. The molecule has 0 amide bonds. The van der Waals surface area contributed by atoms with E-state index in [-0.39, 0.29) is 33.9 Å². The number of ketones is 2. The highest BCUT2D eigenvalue weighted by atomic mass is 127. The predicted octanol–water partition coefficient (Wildman–Crippen LogP) is 4.81. The van der Waals surface area contributed by atoms with Crippen molar-refractivity contribution in [3.8, 4) is 11.4 Å². The van der Waals surface area contributed by atoms with Crippen LogP contribution in [-0.4, -0.2) is 44.8 Å². The number of hydrogen-bond acceptors (Lipinski definition) is 7. The topological polar surface area (TPSA) is 107 Å². The quantitative estimate of drug-likeness (QED) is 0.226. The van der Waals surface area contributed by atoms with Gasteiger partial charge in [-0.3, -0.25) is 28.3 Å². The van der Waals surface area contributed by atoms with Crippen LogP contribution in [0, 0.1) is 15.2 Å². The minimum absolute atomic E-state index is 0.0284. The van der Waals surface area contributed by atoms with Gasteiger partial charge in [-0.15, -0.1) is 0 Å². The number of fused-ring (bicyclic) bond motifs is 8. The predicted molar refractivity (Wildman–Crippen MR) is 169 cm³/mol. The van der Waals surface area contributed by atoms with Crippen LogP contribution >= 0.6 is 22.6 Å². The largest absolute Gasteiger partial charge is 0.378 e. The minimum atomic E-state index is -0.516. The first-order valence-electron chi connectivity index (χ1n) is 13.2. The summed E-state index contributed by atoms with van der Waals surface area (Å²) in [5, 5.41) is 0.862. The zero-order valence-corrected chi connectivity index (χ0v) is 25.1. The molecule has 2 aliphatic heterocycles. The molecule has 0 fully saturated rings. The molecular formula is C32H18F2IN5O4. The van der Waals surface area contributed by atoms with Gasteiger partial charge in [-0.2, -0.15) is 0 Å². The van der Waals surface area contributed by atoms with E-state index in [0.29, 0.717) is 33.2 Å². The maximum Gasteiger partial charge on any atom is 0.266 e. The van der Waals surface area contributed by atoms with E-state index in [2.05, 4.69) is 32.6 Å². The molecule has 0 atom stereocenters. The minimum Gasteiger partial charge on any atom is -0.378 e. The average Bonchev–Trinajstić information content (AvgIpc) is 3.44. The second-order valence-corrected chi connectivity index (χ2v) is 11.6. The lowest BCUT2D eigenvalue weighted by Gasteiger charge is -2.13. The van der Waals surface area contributed by atoms with Crippen molar-refractivity contribution >= 4 is 61.7 Å². The van der Waals surface area contributed by atoms with Crippen LogP contribution in [0.25, 0.3) is 33.2 Å². The van der Waals surface area contributed by atoms with E-state index in [1.807, 2.05) is 31.1 Å². The summed E-state index contributed by atoms with van der Waals surface area (Å²) in [5.74, 6) is -1.83. The first-order valence-corrected chi connectivity index (χ1v) is 14.3. The molecule has 4 aromatic carbocycles. The van der Waals surface area contributed by atoms with E-state index in [9.17, 15) is 28.0 Å². The second kappa shape index (κ2) is 9.98. The number of nitrogens with zero attached hydrogens (tertiary/aromatic N) is 5. The number of benzene rings is 4. The molecule has 0 aliphatic carbocycles. The van der Waals surface area contributed by atoms with E-state index < -0.39 is 23.2 Å². The first-order chi connectivity index (χ1) is 21.0.